The van der Waals surface area contributed by atoms with Gasteiger partial charge in [0.1, 0.15) is 5.82 Å². The second-order valence-electron chi connectivity index (χ2n) is 4.94. The highest BCUT2D eigenvalue weighted by Gasteiger charge is 2.34. The van der Waals surface area contributed by atoms with E-state index < -0.39 is 0 Å². The lowest BCUT2D eigenvalue weighted by molar-refractivity contribution is 0.0481. The van der Waals surface area contributed by atoms with Crippen molar-refractivity contribution in [2.24, 2.45) is 5.73 Å². The van der Waals surface area contributed by atoms with Gasteiger partial charge in [0.25, 0.3) is 0 Å². The summed E-state index contributed by atoms with van der Waals surface area (Å²) in [7, 11) is 0. The van der Waals surface area contributed by atoms with Crippen LogP contribution in [0.4, 0.5) is 0 Å². The average molecular weight is 245 g/mol. The van der Waals surface area contributed by atoms with Gasteiger partial charge in [-0.1, -0.05) is 12.1 Å². The highest BCUT2D eigenvalue weighted by atomic mass is 16.5. The minimum absolute atomic E-state index is 0.340. The maximum absolute atomic E-state index is 6.56. The van der Waals surface area contributed by atoms with Gasteiger partial charge in [0, 0.05) is 19.8 Å². The van der Waals surface area contributed by atoms with Gasteiger partial charge in [-0.2, -0.15) is 0 Å². The molecule has 1 saturated heterocycles. The summed E-state index contributed by atoms with van der Waals surface area (Å²) in [5.74, 6) is 1.01. The molecule has 0 spiro atoms. The first-order chi connectivity index (χ1) is 8.74. The first kappa shape index (κ1) is 11.7. The molecular formula is C14H19N3O. The third kappa shape index (κ3) is 1.72. The first-order valence-corrected chi connectivity index (χ1v) is 6.57. The van der Waals surface area contributed by atoms with Crippen molar-refractivity contribution in [2.45, 2.75) is 31.8 Å². The van der Waals surface area contributed by atoms with Crippen LogP contribution >= 0.6 is 0 Å². The van der Waals surface area contributed by atoms with Gasteiger partial charge in [-0.3, -0.25) is 0 Å². The number of hydrogen-bond donors (Lipinski definition) is 1. The molecule has 1 aliphatic heterocycles. The Labute approximate surface area is 107 Å². The van der Waals surface area contributed by atoms with E-state index in [1.165, 1.54) is 5.52 Å². The topological polar surface area (TPSA) is 53.1 Å². The molecule has 1 aromatic heterocycles. The summed E-state index contributed by atoms with van der Waals surface area (Å²) in [5.41, 5.74) is 8.42. The van der Waals surface area contributed by atoms with Crippen molar-refractivity contribution in [1.29, 1.82) is 0 Å². The van der Waals surface area contributed by atoms with Gasteiger partial charge in [-0.25, -0.2) is 4.98 Å². The summed E-state index contributed by atoms with van der Waals surface area (Å²) in [6.07, 6.45) is 1.69. The fraction of sp³-hybridized carbons (Fsp3) is 0.500. The lowest BCUT2D eigenvalue weighted by atomic mass is 9.90. The first-order valence-electron chi connectivity index (χ1n) is 6.57. The van der Waals surface area contributed by atoms with Gasteiger partial charge in [0.15, 0.2) is 0 Å². The fourth-order valence-corrected chi connectivity index (χ4v) is 2.73. The van der Waals surface area contributed by atoms with E-state index in [4.69, 9.17) is 15.5 Å². The largest absolute Gasteiger partial charge is 0.381 e. The van der Waals surface area contributed by atoms with E-state index in [2.05, 4.69) is 17.6 Å². The molecule has 0 saturated carbocycles. The highest BCUT2D eigenvalue weighted by molar-refractivity contribution is 5.76. The zero-order chi connectivity index (χ0) is 12.6. The Morgan fingerprint density at radius 1 is 1.33 bits per heavy atom. The third-order valence-electron chi connectivity index (χ3n) is 3.80. The Hall–Kier alpha value is -1.39. The molecule has 4 nitrogen and oxygen atoms in total. The van der Waals surface area contributed by atoms with E-state index >= 15 is 0 Å². The molecule has 18 heavy (non-hydrogen) atoms. The van der Waals surface area contributed by atoms with Crippen molar-refractivity contribution in [2.75, 3.05) is 13.2 Å². The second-order valence-corrected chi connectivity index (χ2v) is 4.94. The number of aromatic nitrogens is 2. The molecule has 3 rings (SSSR count). The van der Waals surface area contributed by atoms with E-state index in [-0.39, 0.29) is 5.54 Å². The summed E-state index contributed by atoms with van der Waals surface area (Å²) in [6.45, 7) is 4.49. The van der Waals surface area contributed by atoms with Gasteiger partial charge < -0.3 is 15.0 Å². The van der Waals surface area contributed by atoms with Gasteiger partial charge >= 0.3 is 0 Å². The van der Waals surface area contributed by atoms with Crippen molar-refractivity contribution in [3.05, 3.63) is 30.1 Å². The average Bonchev–Trinajstić information content (AvgIpc) is 2.79. The summed E-state index contributed by atoms with van der Waals surface area (Å²) in [6, 6.07) is 8.23. The Balaban J connectivity index is 2.15. The predicted molar refractivity (Wildman–Crippen MR) is 71.3 cm³/mol. The summed E-state index contributed by atoms with van der Waals surface area (Å²) in [4.78, 5) is 4.76. The number of aryl methyl sites for hydroxylation is 1. The molecular weight excluding hydrogens is 226 g/mol. The number of para-hydroxylation sites is 2. The molecule has 1 aliphatic rings. The second kappa shape index (κ2) is 4.37. The smallest absolute Gasteiger partial charge is 0.130 e. The summed E-state index contributed by atoms with van der Waals surface area (Å²) < 4.78 is 7.65. The number of nitrogens with zero attached hydrogens (tertiary/aromatic N) is 2. The number of fused-ring (bicyclic) bond motifs is 1. The molecule has 0 aliphatic carbocycles. The van der Waals surface area contributed by atoms with E-state index in [0.29, 0.717) is 0 Å². The minimum atomic E-state index is -0.340. The standard InChI is InChI=1S/C14H19N3O/c1-2-17-12-6-4-3-5-11(12)16-13(17)14(15)7-9-18-10-8-14/h3-6H,2,7-10,15H2,1H3. The maximum Gasteiger partial charge on any atom is 0.130 e. The molecule has 1 fully saturated rings. The quantitative estimate of drug-likeness (QED) is 0.880. The molecule has 1 aromatic carbocycles. The van der Waals surface area contributed by atoms with Crippen LogP contribution in [-0.4, -0.2) is 22.8 Å². The zero-order valence-corrected chi connectivity index (χ0v) is 10.7. The predicted octanol–water partition coefficient (Wildman–Crippen LogP) is 2.02. The number of hydrogen-bond acceptors (Lipinski definition) is 3. The lowest BCUT2D eigenvalue weighted by Crippen LogP contribution is -2.44. The van der Waals surface area contributed by atoms with Crippen LogP contribution in [0.3, 0.4) is 0 Å². The van der Waals surface area contributed by atoms with Crippen LogP contribution in [0.25, 0.3) is 11.0 Å². The van der Waals surface area contributed by atoms with Gasteiger partial charge in [-0.05, 0) is 31.9 Å². The third-order valence-corrected chi connectivity index (χ3v) is 3.80. The normalized spacial score (nSPS) is 19.2. The summed E-state index contributed by atoms with van der Waals surface area (Å²) >= 11 is 0. The molecule has 0 atom stereocenters. The number of rotatable bonds is 2. The molecule has 96 valence electrons. The SMILES string of the molecule is CCn1c(C2(N)CCOCC2)nc2ccccc21. The molecule has 2 heterocycles. The molecule has 2 N–H and O–H groups in total. The maximum atomic E-state index is 6.56. The highest BCUT2D eigenvalue weighted by Crippen LogP contribution is 2.31. The number of nitrogens with two attached hydrogens (primary N) is 1. The van der Waals surface area contributed by atoms with Gasteiger partial charge in [0.05, 0.1) is 16.6 Å². The van der Waals surface area contributed by atoms with Crippen molar-refractivity contribution < 1.29 is 4.74 Å². The Morgan fingerprint density at radius 2 is 2.06 bits per heavy atom. The van der Waals surface area contributed by atoms with Gasteiger partial charge in [0.2, 0.25) is 0 Å². The van der Waals surface area contributed by atoms with Crippen LogP contribution in [0, 0.1) is 0 Å². The Morgan fingerprint density at radius 3 is 2.78 bits per heavy atom. The van der Waals surface area contributed by atoms with Crippen LogP contribution in [0.1, 0.15) is 25.6 Å². The summed E-state index contributed by atoms with van der Waals surface area (Å²) in [5, 5.41) is 0. The van der Waals surface area contributed by atoms with Crippen LogP contribution in [-0.2, 0) is 16.8 Å². The van der Waals surface area contributed by atoms with Crippen molar-refractivity contribution >= 4 is 11.0 Å². The van der Waals surface area contributed by atoms with Crippen molar-refractivity contribution in [1.82, 2.24) is 9.55 Å². The van der Waals surface area contributed by atoms with E-state index in [0.717, 1.165) is 43.9 Å². The van der Waals surface area contributed by atoms with Crippen LogP contribution < -0.4 is 5.73 Å². The monoisotopic (exact) mass is 245 g/mol. The minimum Gasteiger partial charge on any atom is -0.381 e. The fourth-order valence-electron chi connectivity index (χ4n) is 2.73. The Bertz CT molecular complexity index is 555. The van der Waals surface area contributed by atoms with Gasteiger partial charge in [-0.15, -0.1) is 0 Å². The van der Waals surface area contributed by atoms with Crippen LogP contribution in [0.5, 0.6) is 0 Å². The molecule has 0 amide bonds. The van der Waals surface area contributed by atoms with Crippen LogP contribution in [0.2, 0.25) is 0 Å². The lowest BCUT2D eigenvalue weighted by Gasteiger charge is -2.33. The zero-order valence-electron chi connectivity index (χ0n) is 10.7. The molecule has 0 unspecified atom stereocenters. The van der Waals surface area contributed by atoms with Crippen molar-refractivity contribution in [3.8, 4) is 0 Å². The number of ether oxygens (including phenoxy) is 1. The number of imidazole rings is 1. The van der Waals surface area contributed by atoms with E-state index in [1.54, 1.807) is 0 Å². The van der Waals surface area contributed by atoms with Crippen molar-refractivity contribution in [3.63, 3.8) is 0 Å². The molecule has 0 radical (unpaired) electrons. The number of benzene rings is 1. The molecule has 4 heteroatoms. The van der Waals surface area contributed by atoms with E-state index in [9.17, 15) is 0 Å². The molecule has 0 bridgehead atoms. The molecule has 2 aromatic rings. The Kier molecular flexibility index (Phi) is 2.84. The van der Waals surface area contributed by atoms with Crippen LogP contribution in [0.15, 0.2) is 24.3 Å². The van der Waals surface area contributed by atoms with E-state index in [1.807, 2.05) is 18.2 Å².